The van der Waals surface area contributed by atoms with E-state index < -0.39 is 21.6 Å². The molecule has 1 aromatic heterocycles. The Bertz CT molecular complexity index is 1290. The smallest absolute Gasteiger partial charge is 0.344 e. The van der Waals surface area contributed by atoms with Gasteiger partial charge in [-0.1, -0.05) is 18.2 Å². The van der Waals surface area contributed by atoms with Crippen molar-refractivity contribution in [2.24, 2.45) is 0 Å². The molecule has 0 spiro atoms. The van der Waals surface area contributed by atoms with Crippen LogP contribution >= 0.6 is 0 Å². The highest BCUT2D eigenvalue weighted by Gasteiger charge is 2.28. The molecule has 0 atom stereocenters. The van der Waals surface area contributed by atoms with Crippen LogP contribution < -0.4 is 9.47 Å². The molecule has 0 radical (unpaired) electrons. The number of methoxy groups -OCH3 is 1. The van der Waals surface area contributed by atoms with Gasteiger partial charge in [0.2, 0.25) is 11.7 Å². The maximum absolute atomic E-state index is 13.5. The molecule has 2 aromatic carbocycles. The number of aromatic nitrogens is 2. The molecule has 0 unspecified atom stereocenters. The normalized spacial score (nSPS) is 11.3. The number of ketones is 1. The molecule has 3 rings (SSSR count). The van der Waals surface area contributed by atoms with Crippen molar-refractivity contribution in [1.82, 2.24) is 9.78 Å². The van der Waals surface area contributed by atoms with E-state index in [1.54, 1.807) is 51.1 Å². The maximum atomic E-state index is 13.5. The first-order chi connectivity index (χ1) is 15.1. The van der Waals surface area contributed by atoms with Gasteiger partial charge in [0.25, 0.3) is 0 Å². The Kier molecular flexibility index (Phi) is 6.50. The number of rotatable bonds is 7. The number of nitrogens with zero attached hydrogens (tertiary/aromatic N) is 2. The Labute approximate surface area is 186 Å². The zero-order chi connectivity index (χ0) is 23.6. The van der Waals surface area contributed by atoms with Crippen molar-refractivity contribution >= 4 is 21.6 Å². The second-order valence-electron chi connectivity index (χ2n) is 7.26. The van der Waals surface area contributed by atoms with Crippen molar-refractivity contribution < 1.29 is 27.5 Å². The van der Waals surface area contributed by atoms with Gasteiger partial charge in [-0.15, -0.1) is 0 Å². The summed E-state index contributed by atoms with van der Waals surface area (Å²) in [4.78, 5) is 26.2. The standard InChI is InChI=1S/C23H24N2O6S/c1-6-25-22(31-23(27)16-10-8-7-9-11-16)18(13-24-25)19(26)17-12-14(2)21(32(5,28)29)15(3)20(17)30-4/h7-13H,6H2,1-5H3. The Morgan fingerprint density at radius 1 is 1.09 bits per heavy atom. The first-order valence-electron chi connectivity index (χ1n) is 9.86. The molecule has 0 amide bonds. The minimum Gasteiger partial charge on any atom is -0.496 e. The van der Waals surface area contributed by atoms with Crippen LogP contribution in [0.3, 0.4) is 0 Å². The molecule has 3 aromatic rings. The highest BCUT2D eigenvalue weighted by atomic mass is 32.2. The van der Waals surface area contributed by atoms with E-state index in [2.05, 4.69) is 5.10 Å². The molecule has 0 aliphatic carbocycles. The van der Waals surface area contributed by atoms with Gasteiger partial charge in [-0.25, -0.2) is 17.9 Å². The number of ether oxygens (including phenoxy) is 2. The summed E-state index contributed by atoms with van der Waals surface area (Å²) in [6.45, 7) is 5.37. The molecule has 0 fully saturated rings. The average Bonchev–Trinajstić information content (AvgIpc) is 3.14. The summed E-state index contributed by atoms with van der Waals surface area (Å²) in [5, 5.41) is 4.17. The Balaban J connectivity index is 2.11. The monoisotopic (exact) mass is 456 g/mol. The van der Waals surface area contributed by atoms with Crippen LogP contribution in [0.1, 0.15) is 44.3 Å². The van der Waals surface area contributed by atoms with Gasteiger partial charge < -0.3 is 9.47 Å². The summed E-state index contributed by atoms with van der Waals surface area (Å²) in [5.41, 5.74) is 1.31. The molecule has 8 nitrogen and oxygen atoms in total. The van der Waals surface area contributed by atoms with E-state index in [1.807, 2.05) is 0 Å². The van der Waals surface area contributed by atoms with E-state index in [4.69, 9.17) is 9.47 Å². The van der Waals surface area contributed by atoms with Crippen molar-refractivity contribution in [3.05, 3.63) is 70.4 Å². The van der Waals surface area contributed by atoms with Gasteiger partial charge in [0.05, 0.1) is 29.3 Å². The van der Waals surface area contributed by atoms with Crippen LogP contribution in [0.2, 0.25) is 0 Å². The van der Waals surface area contributed by atoms with Gasteiger partial charge in [-0.3, -0.25) is 4.79 Å². The molecule has 0 aliphatic rings. The summed E-state index contributed by atoms with van der Waals surface area (Å²) < 4.78 is 36.8. The number of hydrogen-bond donors (Lipinski definition) is 0. The molecular weight excluding hydrogens is 432 g/mol. The molecule has 0 bridgehead atoms. The van der Waals surface area contributed by atoms with Gasteiger partial charge in [-0.2, -0.15) is 5.10 Å². The number of carbonyl (C=O) groups excluding carboxylic acids is 2. The fourth-order valence-corrected chi connectivity index (χ4v) is 4.97. The van der Waals surface area contributed by atoms with E-state index in [-0.39, 0.29) is 27.7 Å². The molecule has 0 saturated carbocycles. The number of benzene rings is 2. The summed E-state index contributed by atoms with van der Waals surface area (Å²) in [7, 11) is -2.17. The van der Waals surface area contributed by atoms with Crippen molar-refractivity contribution in [3.63, 3.8) is 0 Å². The Hall–Kier alpha value is -3.46. The lowest BCUT2D eigenvalue weighted by Gasteiger charge is -2.16. The van der Waals surface area contributed by atoms with Crippen molar-refractivity contribution in [3.8, 4) is 11.6 Å². The van der Waals surface area contributed by atoms with E-state index >= 15 is 0 Å². The van der Waals surface area contributed by atoms with Crippen LogP contribution in [0.5, 0.6) is 11.6 Å². The van der Waals surface area contributed by atoms with Gasteiger partial charge in [-0.05, 0) is 44.5 Å². The zero-order valence-corrected chi connectivity index (χ0v) is 19.3. The van der Waals surface area contributed by atoms with Crippen LogP contribution in [0.25, 0.3) is 0 Å². The zero-order valence-electron chi connectivity index (χ0n) is 18.5. The topological polar surface area (TPSA) is 105 Å². The molecule has 0 saturated heterocycles. The number of sulfone groups is 1. The lowest BCUT2D eigenvalue weighted by molar-refractivity contribution is 0.0716. The summed E-state index contributed by atoms with van der Waals surface area (Å²) >= 11 is 0. The lowest BCUT2D eigenvalue weighted by Crippen LogP contribution is -2.15. The third-order valence-corrected chi connectivity index (χ3v) is 6.37. The van der Waals surface area contributed by atoms with Crippen molar-refractivity contribution in [2.45, 2.75) is 32.2 Å². The van der Waals surface area contributed by atoms with Crippen LogP contribution in [0, 0.1) is 13.8 Å². The second-order valence-corrected chi connectivity index (χ2v) is 9.22. The Morgan fingerprint density at radius 3 is 2.31 bits per heavy atom. The largest absolute Gasteiger partial charge is 0.496 e. The van der Waals surface area contributed by atoms with Gasteiger partial charge in [0.15, 0.2) is 9.84 Å². The number of carbonyl (C=O) groups is 2. The summed E-state index contributed by atoms with van der Waals surface area (Å²) in [5.74, 6) is -0.966. The summed E-state index contributed by atoms with van der Waals surface area (Å²) in [6.07, 6.45) is 2.43. The van der Waals surface area contributed by atoms with Crippen LogP contribution in [0.15, 0.2) is 47.5 Å². The third-order valence-electron chi connectivity index (χ3n) is 5.00. The molecular formula is C23H24N2O6S. The first kappa shape index (κ1) is 23.2. The molecule has 1 heterocycles. The molecule has 0 aliphatic heterocycles. The fraction of sp³-hybridized carbons (Fsp3) is 0.261. The van der Waals surface area contributed by atoms with E-state index in [0.717, 1.165) is 6.26 Å². The summed E-state index contributed by atoms with van der Waals surface area (Å²) in [6, 6.07) is 9.88. The van der Waals surface area contributed by atoms with E-state index in [0.29, 0.717) is 23.2 Å². The number of esters is 1. The van der Waals surface area contributed by atoms with Gasteiger partial charge >= 0.3 is 5.97 Å². The third kappa shape index (κ3) is 4.29. The van der Waals surface area contributed by atoms with Gasteiger partial charge in [0.1, 0.15) is 11.3 Å². The maximum Gasteiger partial charge on any atom is 0.344 e. The first-order valence-corrected chi connectivity index (χ1v) is 11.7. The van der Waals surface area contributed by atoms with Crippen molar-refractivity contribution in [2.75, 3.05) is 13.4 Å². The predicted octanol–water partition coefficient (Wildman–Crippen LogP) is 3.38. The Morgan fingerprint density at radius 2 is 1.75 bits per heavy atom. The van der Waals surface area contributed by atoms with E-state index in [9.17, 15) is 18.0 Å². The van der Waals surface area contributed by atoms with E-state index in [1.165, 1.54) is 24.1 Å². The highest BCUT2D eigenvalue weighted by molar-refractivity contribution is 7.90. The minimum atomic E-state index is -3.54. The highest BCUT2D eigenvalue weighted by Crippen LogP contribution is 2.35. The minimum absolute atomic E-state index is 0.0101. The van der Waals surface area contributed by atoms with Crippen LogP contribution in [-0.2, 0) is 16.4 Å². The van der Waals surface area contributed by atoms with Crippen LogP contribution in [0.4, 0.5) is 0 Å². The second kappa shape index (κ2) is 8.96. The van der Waals surface area contributed by atoms with Crippen molar-refractivity contribution in [1.29, 1.82) is 0 Å². The molecule has 9 heteroatoms. The number of aryl methyl sites for hydroxylation is 2. The number of hydrogen-bond acceptors (Lipinski definition) is 7. The SMILES string of the molecule is CCn1ncc(C(=O)c2cc(C)c(S(C)(=O)=O)c(C)c2OC)c1OC(=O)c1ccccc1. The average molecular weight is 457 g/mol. The quantitative estimate of drug-likeness (QED) is 0.396. The molecule has 168 valence electrons. The van der Waals surface area contributed by atoms with Gasteiger partial charge in [0, 0.05) is 18.4 Å². The van der Waals surface area contributed by atoms with Crippen LogP contribution in [-0.4, -0.2) is 43.3 Å². The predicted molar refractivity (Wildman–Crippen MR) is 118 cm³/mol. The molecule has 0 N–H and O–H groups in total. The lowest BCUT2D eigenvalue weighted by atomic mass is 9.99. The molecule has 32 heavy (non-hydrogen) atoms. The fourth-order valence-electron chi connectivity index (χ4n) is 3.68.